The topological polar surface area (TPSA) is 56.0 Å². The molecule has 0 saturated heterocycles. The summed E-state index contributed by atoms with van der Waals surface area (Å²) < 4.78 is 5.28. The molecule has 0 spiro atoms. The average Bonchev–Trinajstić information content (AvgIpc) is 3.39. The second-order valence-corrected chi connectivity index (χ2v) is 5.88. The van der Waals surface area contributed by atoms with Crippen molar-refractivity contribution in [1.29, 1.82) is 0 Å². The number of carbonyl (C=O) groups is 1. The number of benzene rings is 1. The number of aromatic nitrogens is 2. The third-order valence-electron chi connectivity index (χ3n) is 4.33. The Bertz CT molecular complexity index is 640. The minimum Gasteiger partial charge on any atom is -0.339 e. The van der Waals surface area contributed by atoms with E-state index in [1.54, 1.807) is 0 Å². The van der Waals surface area contributed by atoms with Gasteiger partial charge in [-0.1, -0.05) is 35.5 Å². The quantitative estimate of drug-likeness (QED) is 0.836. The van der Waals surface area contributed by atoms with Crippen molar-refractivity contribution in [1.82, 2.24) is 10.1 Å². The van der Waals surface area contributed by atoms with Gasteiger partial charge in [0.2, 0.25) is 5.89 Å². The molecule has 2 aliphatic rings. The van der Waals surface area contributed by atoms with Crippen molar-refractivity contribution in [3.05, 3.63) is 47.6 Å². The van der Waals surface area contributed by atoms with Gasteiger partial charge in [0.25, 0.3) is 0 Å². The molecular formula is C16H16N2O2. The van der Waals surface area contributed by atoms with Crippen molar-refractivity contribution < 1.29 is 9.32 Å². The lowest BCUT2D eigenvalue weighted by atomic mass is 9.95. The fraction of sp³-hybridized carbons (Fsp3) is 0.438. The Morgan fingerprint density at radius 2 is 2.00 bits per heavy atom. The Balaban J connectivity index is 1.57. The first-order chi connectivity index (χ1) is 9.78. The zero-order valence-electron chi connectivity index (χ0n) is 11.2. The summed E-state index contributed by atoms with van der Waals surface area (Å²) in [6.45, 7) is 0. The van der Waals surface area contributed by atoms with Crippen LogP contribution >= 0.6 is 0 Å². The molecule has 0 amide bonds. The van der Waals surface area contributed by atoms with Crippen molar-refractivity contribution in [3.8, 4) is 0 Å². The third-order valence-corrected chi connectivity index (χ3v) is 4.33. The molecular weight excluding hydrogens is 252 g/mol. The van der Waals surface area contributed by atoms with Gasteiger partial charge in [-0.25, -0.2) is 0 Å². The molecule has 1 heterocycles. The van der Waals surface area contributed by atoms with E-state index >= 15 is 0 Å². The summed E-state index contributed by atoms with van der Waals surface area (Å²) in [7, 11) is 0. The molecule has 1 aromatic heterocycles. The number of carbonyl (C=O) groups excluding carboxylic acids is 1. The highest BCUT2D eigenvalue weighted by molar-refractivity contribution is 5.84. The Morgan fingerprint density at radius 3 is 2.65 bits per heavy atom. The highest BCUT2D eigenvalue weighted by Gasteiger charge is 2.50. The zero-order valence-corrected chi connectivity index (χ0v) is 11.2. The molecule has 20 heavy (non-hydrogen) atoms. The van der Waals surface area contributed by atoms with Gasteiger partial charge in [0.1, 0.15) is 5.78 Å². The van der Waals surface area contributed by atoms with Crippen LogP contribution in [0.2, 0.25) is 0 Å². The van der Waals surface area contributed by atoms with Crippen molar-refractivity contribution in [2.75, 3.05) is 0 Å². The Hall–Kier alpha value is -1.97. The van der Waals surface area contributed by atoms with Crippen molar-refractivity contribution in [2.24, 2.45) is 5.92 Å². The van der Waals surface area contributed by atoms with Gasteiger partial charge in [-0.05, 0) is 31.2 Å². The molecule has 0 atom stereocenters. The number of rotatable bonds is 5. The zero-order chi connectivity index (χ0) is 13.6. The van der Waals surface area contributed by atoms with Crippen LogP contribution in [0.5, 0.6) is 0 Å². The van der Waals surface area contributed by atoms with E-state index in [-0.39, 0.29) is 17.1 Å². The smallest absolute Gasteiger partial charge is 0.234 e. The van der Waals surface area contributed by atoms with E-state index in [2.05, 4.69) is 22.3 Å². The SMILES string of the molecule is O=C(Cc1nc(C2(c3ccccc3)CC2)no1)C1CC1. The predicted octanol–water partition coefficient (Wildman–Crippen LogP) is 2.67. The maximum absolute atomic E-state index is 11.8. The monoisotopic (exact) mass is 268 g/mol. The molecule has 4 nitrogen and oxygen atoms in total. The van der Waals surface area contributed by atoms with Crippen molar-refractivity contribution in [3.63, 3.8) is 0 Å². The second-order valence-electron chi connectivity index (χ2n) is 5.88. The van der Waals surface area contributed by atoms with E-state index in [0.29, 0.717) is 12.3 Å². The van der Waals surface area contributed by atoms with Gasteiger partial charge in [0.15, 0.2) is 5.82 Å². The highest BCUT2D eigenvalue weighted by Crippen LogP contribution is 2.52. The number of Topliss-reactive ketones (excluding diaryl/α,β-unsaturated/α-hetero) is 1. The Morgan fingerprint density at radius 1 is 1.25 bits per heavy atom. The molecule has 2 saturated carbocycles. The van der Waals surface area contributed by atoms with Gasteiger partial charge in [-0.15, -0.1) is 0 Å². The molecule has 102 valence electrons. The number of hydrogen-bond donors (Lipinski definition) is 0. The molecule has 0 unspecified atom stereocenters. The van der Waals surface area contributed by atoms with E-state index in [0.717, 1.165) is 31.5 Å². The fourth-order valence-electron chi connectivity index (χ4n) is 2.74. The summed E-state index contributed by atoms with van der Waals surface area (Å²) >= 11 is 0. The largest absolute Gasteiger partial charge is 0.339 e. The minimum absolute atomic E-state index is 0.0777. The fourth-order valence-corrected chi connectivity index (χ4v) is 2.74. The normalized spacial score (nSPS) is 19.8. The maximum Gasteiger partial charge on any atom is 0.234 e. The molecule has 4 rings (SSSR count). The lowest BCUT2D eigenvalue weighted by Gasteiger charge is -2.09. The Labute approximate surface area is 117 Å². The molecule has 0 aliphatic heterocycles. The van der Waals surface area contributed by atoms with Gasteiger partial charge < -0.3 is 4.52 Å². The Kier molecular flexibility index (Phi) is 2.52. The molecule has 0 N–H and O–H groups in total. The predicted molar refractivity (Wildman–Crippen MR) is 72.2 cm³/mol. The molecule has 2 aliphatic carbocycles. The highest BCUT2D eigenvalue weighted by atomic mass is 16.5. The molecule has 4 heteroatoms. The van der Waals surface area contributed by atoms with Gasteiger partial charge in [0, 0.05) is 5.92 Å². The standard InChI is InChI=1S/C16H16N2O2/c19-13(11-6-7-11)10-14-17-15(18-20-14)16(8-9-16)12-4-2-1-3-5-12/h1-5,11H,6-10H2. The molecule has 2 aromatic rings. The van der Waals surface area contributed by atoms with Gasteiger partial charge in [-0.2, -0.15) is 4.98 Å². The van der Waals surface area contributed by atoms with Crippen molar-refractivity contribution in [2.45, 2.75) is 37.5 Å². The molecule has 0 radical (unpaired) electrons. The van der Waals surface area contributed by atoms with E-state index in [9.17, 15) is 4.79 Å². The van der Waals surface area contributed by atoms with Crippen LogP contribution in [-0.4, -0.2) is 15.9 Å². The van der Waals surface area contributed by atoms with Crippen LogP contribution in [0.4, 0.5) is 0 Å². The molecule has 2 fully saturated rings. The van der Waals surface area contributed by atoms with Crippen LogP contribution in [0.1, 0.15) is 43.0 Å². The maximum atomic E-state index is 11.8. The van der Waals surface area contributed by atoms with E-state index in [1.807, 2.05) is 18.2 Å². The van der Waals surface area contributed by atoms with Crippen LogP contribution < -0.4 is 0 Å². The van der Waals surface area contributed by atoms with E-state index in [1.165, 1.54) is 5.56 Å². The third kappa shape index (κ3) is 1.96. The molecule has 1 aromatic carbocycles. The first kappa shape index (κ1) is 11.8. The number of ketones is 1. The van der Waals surface area contributed by atoms with E-state index in [4.69, 9.17) is 4.52 Å². The van der Waals surface area contributed by atoms with Crippen LogP contribution in [0.25, 0.3) is 0 Å². The van der Waals surface area contributed by atoms with Crippen LogP contribution in [0, 0.1) is 5.92 Å². The lowest BCUT2D eigenvalue weighted by Crippen LogP contribution is -2.11. The summed E-state index contributed by atoms with van der Waals surface area (Å²) in [5.41, 5.74) is 1.16. The summed E-state index contributed by atoms with van der Waals surface area (Å²) in [5.74, 6) is 1.69. The first-order valence-electron chi connectivity index (χ1n) is 7.19. The summed E-state index contributed by atoms with van der Waals surface area (Å²) in [4.78, 5) is 16.3. The number of hydrogen-bond acceptors (Lipinski definition) is 4. The second kappa shape index (κ2) is 4.27. The van der Waals surface area contributed by atoms with Crippen LogP contribution in [-0.2, 0) is 16.6 Å². The van der Waals surface area contributed by atoms with Crippen LogP contribution in [0.15, 0.2) is 34.9 Å². The minimum atomic E-state index is -0.0777. The summed E-state index contributed by atoms with van der Waals surface area (Å²) in [6.07, 6.45) is 4.43. The summed E-state index contributed by atoms with van der Waals surface area (Å²) in [6, 6.07) is 10.3. The summed E-state index contributed by atoms with van der Waals surface area (Å²) in [5, 5.41) is 4.12. The van der Waals surface area contributed by atoms with E-state index < -0.39 is 0 Å². The van der Waals surface area contributed by atoms with Gasteiger partial charge in [-0.3, -0.25) is 4.79 Å². The average molecular weight is 268 g/mol. The van der Waals surface area contributed by atoms with Crippen LogP contribution in [0.3, 0.4) is 0 Å². The molecule has 0 bridgehead atoms. The van der Waals surface area contributed by atoms with Gasteiger partial charge in [0.05, 0.1) is 11.8 Å². The lowest BCUT2D eigenvalue weighted by molar-refractivity contribution is -0.119. The van der Waals surface area contributed by atoms with Crippen molar-refractivity contribution >= 4 is 5.78 Å². The van der Waals surface area contributed by atoms with Gasteiger partial charge >= 0.3 is 0 Å². The first-order valence-corrected chi connectivity index (χ1v) is 7.19. The number of nitrogens with zero attached hydrogens (tertiary/aromatic N) is 2.